The second-order valence-corrected chi connectivity index (χ2v) is 5.68. The molecule has 0 unspecified atom stereocenters. The average Bonchev–Trinajstić information content (AvgIpc) is 2.85. The van der Waals surface area contributed by atoms with E-state index in [1.807, 2.05) is 49.5 Å². The lowest BCUT2D eigenvalue weighted by atomic mass is 10.2. The number of fused-ring (bicyclic) bond motifs is 1. The van der Waals surface area contributed by atoms with Crippen LogP contribution < -0.4 is 5.32 Å². The van der Waals surface area contributed by atoms with Crippen LogP contribution in [-0.2, 0) is 6.54 Å². The van der Waals surface area contributed by atoms with Gasteiger partial charge in [0.25, 0.3) is 5.22 Å². The van der Waals surface area contributed by atoms with Crippen LogP contribution in [0.2, 0.25) is 5.02 Å². The highest BCUT2D eigenvalue weighted by Gasteiger charge is 2.13. The van der Waals surface area contributed by atoms with Crippen LogP contribution in [0.4, 0.5) is 0 Å². The van der Waals surface area contributed by atoms with Gasteiger partial charge in [-0.25, -0.2) is 4.98 Å². The number of nitrogens with one attached hydrogen (secondary N) is 1. The van der Waals surface area contributed by atoms with Gasteiger partial charge in [-0.05, 0) is 42.6 Å². The van der Waals surface area contributed by atoms with E-state index < -0.39 is 0 Å². The van der Waals surface area contributed by atoms with Crippen molar-refractivity contribution in [3.8, 4) is 0 Å². The predicted molar refractivity (Wildman–Crippen MR) is 82.3 cm³/mol. The summed E-state index contributed by atoms with van der Waals surface area (Å²) in [5, 5.41) is 4.46. The highest BCUT2D eigenvalue weighted by molar-refractivity contribution is 7.99. The summed E-state index contributed by atoms with van der Waals surface area (Å²) < 4.78 is 5.73. The van der Waals surface area contributed by atoms with Crippen LogP contribution in [0.25, 0.3) is 11.1 Å². The van der Waals surface area contributed by atoms with Crippen molar-refractivity contribution in [2.24, 2.45) is 0 Å². The first kappa shape index (κ1) is 13.5. The first-order valence-electron chi connectivity index (χ1n) is 6.23. The summed E-state index contributed by atoms with van der Waals surface area (Å²) in [6, 6.07) is 13.6. The number of hydrogen-bond acceptors (Lipinski definition) is 4. The summed E-state index contributed by atoms with van der Waals surface area (Å²) >= 11 is 7.75. The van der Waals surface area contributed by atoms with Crippen molar-refractivity contribution in [1.29, 1.82) is 0 Å². The Morgan fingerprint density at radius 1 is 1.20 bits per heavy atom. The van der Waals surface area contributed by atoms with E-state index in [0.29, 0.717) is 10.2 Å². The van der Waals surface area contributed by atoms with Gasteiger partial charge in [0.1, 0.15) is 5.52 Å². The largest absolute Gasteiger partial charge is 0.431 e. The molecule has 102 valence electrons. The lowest BCUT2D eigenvalue weighted by Gasteiger charge is -2.08. The van der Waals surface area contributed by atoms with Crippen molar-refractivity contribution in [1.82, 2.24) is 10.3 Å². The van der Waals surface area contributed by atoms with Gasteiger partial charge in [-0.1, -0.05) is 35.9 Å². The molecule has 1 heterocycles. The smallest absolute Gasteiger partial charge is 0.261 e. The Labute approximate surface area is 126 Å². The van der Waals surface area contributed by atoms with Crippen molar-refractivity contribution in [3.63, 3.8) is 0 Å². The van der Waals surface area contributed by atoms with Gasteiger partial charge in [0.05, 0.1) is 5.02 Å². The fourth-order valence-corrected chi connectivity index (χ4v) is 3.18. The molecule has 0 saturated heterocycles. The summed E-state index contributed by atoms with van der Waals surface area (Å²) in [5.74, 6) is 0. The van der Waals surface area contributed by atoms with Crippen LogP contribution in [-0.4, -0.2) is 12.0 Å². The molecule has 3 rings (SSSR count). The molecule has 5 heteroatoms. The lowest BCUT2D eigenvalue weighted by Crippen LogP contribution is -2.06. The van der Waals surface area contributed by atoms with Gasteiger partial charge in [0, 0.05) is 11.4 Å². The SMILES string of the molecule is CNCc1cccc(Cl)c1Sc1nc2ccccc2o1. The monoisotopic (exact) mass is 304 g/mol. The first-order valence-corrected chi connectivity index (χ1v) is 7.43. The Morgan fingerprint density at radius 2 is 2.05 bits per heavy atom. The number of aromatic nitrogens is 1. The topological polar surface area (TPSA) is 38.1 Å². The Balaban J connectivity index is 1.97. The zero-order valence-corrected chi connectivity index (χ0v) is 12.5. The summed E-state index contributed by atoms with van der Waals surface area (Å²) in [7, 11) is 1.91. The van der Waals surface area contributed by atoms with Crippen molar-refractivity contribution in [3.05, 3.63) is 53.1 Å². The molecule has 0 amide bonds. The first-order chi connectivity index (χ1) is 9.78. The van der Waals surface area contributed by atoms with Gasteiger partial charge in [0.2, 0.25) is 0 Å². The maximum absolute atomic E-state index is 6.30. The molecule has 3 nitrogen and oxygen atoms in total. The van der Waals surface area contributed by atoms with Crippen LogP contribution in [0.3, 0.4) is 0 Å². The van der Waals surface area contributed by atoms with Gasteiger partial charge < -0.3 is 9.73 Å². The van der Waals surface area contributed by atoms with Crippen LogP contribution in [0, 0.1) is 0 Å². The van der Waals surface area contributed by atoms with Gasteiger partial charge in [0.15, 0.2) is 5.58 Å². The van der Waals surface area contributed by atoms with Gasteiger partial charge in [-0.3, -0.25) is 0 Å². The number of para-hydroxylation sites is 2. The Bertz CT molecular complexity index is 709. The molecule has 0 atom stereocenters. The molecule has 0 aliphatic carbocycles. The van der Waals surface area contributed by atoms with Crippen molar-refractivity contribution in [2.45, 2.75) is 16.7 Å². The van der Waals surface area contributed by atoms with E-state index in [2.05, 4.69) is 10.3 Å². The molecule has 0 fully saturated rings. The molecular weight excluding hydrogens is 292 g/mol. The van der Waals surface area contributed by atoms with Crippen LogP contribution >= 0.6 is 23.4 Å². The second-order valence-electron chi connectivity index (χ2n) is 4.31. The number of hydrogen-bond donors (Lipinski definition) is 1. The van der Waals surface area contributed by atoms with E-state index in [0.717, 1.165) is 28.1 Å². The Morgan fingerprint density at radius 3 is 2.85 bits per heavy atom. The van der Waals surface area contributed by atoms with Gasteiger partial charge >= 0.3 is 0 Å². The average molecular weight is 305 g/mol. The fraction of sp³-hybridized carbons (Fsp3) is 0.133. The Hall–Kier alpha value is -1.49. The van der Waals surface area contributed by atoms with Crippen molar-refractivity contribution < 1.29 is 4.42 Å². The molecule has 0 aliphatic heterocycles. The zero-order valence-electron chi connectivity index (χ0n) is 10.9. The third-order valence-corrected chi connectivity index (χ3v) is 4.34. The molecular formula is C15H13ClN2OS. The summed E-state index contributed by atoms with van der Waals surface area (Å²) in [6.07, 6.45) is 0. The predicted octanol–water partition coefficient (Wildman–Crippen LogP) is 4.35. The Kier molecular flexibility index (Phi) is 3.96. The molecule has 2 aromatic carbocycles. The standard InChI is InChI=1S/C15H13ClN2OS/c1-17-9-10-5-4-6-11(16)14(10)20-15-18-12-7-2-3-8-13(12)19-15/h2-8,17H,9H2,1H3. The number of rotatable bonds is 4. The normalized spacial score (nSPS) is 11.1. The lowest BCUT2D eigenvalue weighted by molar-refractivity contribution is 0.489. The van der Waals surface area contributed by atoms with E-state index in [1.165, 1.54) is 11.8 Å². The molecule has 1 aromatic heterocycles. The minimum atomic E-state index is 0.608. The molecule has 0 bridgehead atoms. The minimum Gasteiger partial charge on any atom is -0.431 e. The van der Waals surface area contributed by atoms with E-state index in [-0.39, 0.29) is 0 Å². The number of oxazole rings is 1. The molecule has 0 spiro atoms. The maximum Gasteiger partial charge on any atom is 0.261 e. The van der Waals surface area contributed by atoms with E-state index in [9.17, 15) is 0 Å². The van der Waals surface area contributed by atoms with E-state index in [4.69, 9.17) is 16.0 Å². The summed E-state index contributed by atoms with van der Waals surface area (Å²) in [6.45, 7) is 0.753. The minimum absolute atomic E-state index is 0.608. The van der Waals surface area contributed by atoms with Crippen molar-refractivity contribution in [2.75, 3.05) is 7.05 Å². The van der Waals surface area contributed by atoms with Crippen molar-refractivity contribution >= 4 is 34.5 Å². The number of nitrogens with zero attached hydrogens (tertiary/aromatic N) is 1. The zero-order chi connectivity index (χ0) is 13.9. The van der Waals surface area contributed by atoms with Gasteiger partial charge in [-0.2, -0.15) is 0 Å². The molecule has 0 saturated carbocycles. The van der Waals surface area contributed by atoms with Crippen LogP contribution in [0.15, 0.2) is 57.0 Å². The second kappa shape index (κ2) is 5.87. The third-order valence-electron chi connectivity index (χ3n) is 2.88. The van der Waals surface area contributed by atoms with Crippen LogP contribution in [0.5, 0.6) is 0 Å². The van der Waals surface area contributed by atoms with Gasteiger partial charge in [-0.15, -0.1) is 0 Å². The highest BCUT2D eigenvalue weighted by Crippen LogP contribution is 2.36. The van der Waals surface area contributed by atoms with Crippen LogP contribution in [0.1, 0.15) is 5.56 Å². The van der Waals surface area contributed by atoms with E-state index >= 15 is 0 Å². The molecule has 0 radical (unpaired) electrons. The highest BCUT2D eigenvalue weighted by atomic mass is 35.5. The molecule has 1 N–H and O–H groups in total. The quantitative estimate of drug-likeness (QED) is 0.777. The van der Waals surface area contributed by atoms with E-state index in [1.54, 1.807) is 0 Å². The number of benzene rings is 2. The molecule has 20 heavy (non-hydrogen) atoms. The summed E-state index contributed by atoms with van der Waals surface area (Å²) in [4.78, 5) is 5.45. The molecule has 3 aromatic rings. The number of halogens is 1. The molecule has 0 aliphatic rings. The maximum atomic E-state index is 6.30. The fourth-order valence-electron chi connectivity index (χ4n) is 1.98. The third kappa shape index (κ3) is 2.68. The summed E-state index contributed by atoms with van der Waals surface area (Å²) in [5.41, 5.74) is 2.78.